The van der Waals surface area contributed by atoms with Crippen molar-refractivity contribution in [3.63, 3.8) is 0 Å². The first-order chi connectivity index (χ1) is 9.63. The molecule has 1 atom stereocenters. The van der Waals surface area contributed by atoms with Crippen molar-refractivity contribution >= 4 is 5.97 Å². The van der Waals surface area contributed by atoms with E-state index in [9.17, 15) is 4.79 Å². The fraction of sp³-hybridized carbons (Fsp3) is 0.562. The third-order valence-electron chi connectivity index (χ3n) is 3.09. The molecule has 0 heterocycles. The first-order valence-corrected chi connectivity index (χ1v) is 7.22. The quantitative estimate of drug-likeness (QED) is 0.698. The Morgan fingerprint density at radius 3 is 2.60 bits per heavy atom. The molecule has 0 aromatic heterocycles. The van der Waals surface area contributed by atoms with Crippen molar-refractivity contribution in [2.24, 2.45) is 0 Å². The molecule has 1 aromatic carbocycles. The maximum Gasteiger partial charge on any atom is 0.323 e. The summed E-state index contributed by atoms with van der Waals surface area (Å²) in [4.78, 5) is 14.0. The minimum atomic E-state index is -0.227. The molecule has 1 unspecified atom stereocenters. The molecule has 0 amide bonds. The molecule has 0 aliphatic rings. The minimum absolute atomic E-state index is 0.151. The number of hydrogen-bond donors (Lipinski definition) is 1. The Morgan fingerprint density at radius 1 is 1.30 bits per heavy atom. The number of likely N-dealkylation sites (N-methyl/N-ethyl adjacent to an activating group) is 1. The van der Waals surface area contributed by atoms with Crippen LogP contribution >= 0.6 is 0 Å². The zero-order valence-electron chi connectivity index (χ0n) is 12.8. The third kappa shape index (κ3) is 6.68. The van der Waals surface area contributed by atoms with E-state index >= 15 is 0 Å². The fourth-order valence-corrected chi connectivity index (χ4v) is 1.96. The first kappa shape index (κ1) is 16.7. The summed E-state index contributed by atoms with van der Waals surface area (Å²) in [5.41, 5.74) is 1.25. The second-order valence-electron chi connectivity index (χ2n) is 5.09. The van der Waals surface area contributed by atoms with Crippen LogP contribution in [0.5, 0.6) is 0 Å². The van der Waals surface area contributed by atoms with Gasteiger partial charge in [-0.05, 0) is 39.4 Å². The molecule has 20 heavy (non-hydrogen) atoms. The molecule has 0 radical (unpaired) electrons. The van der Waals surface area contributed by atoms with E-state index in [0.717, 1.165) is 25.9 Å². The van der Waals surface area contributed by atoms with Gasteiger partial charge in [-0.1, -0.05) is 30.3 Å². The molecular weight excluding hydrogens is 252 g/mol. The van der Waals surface area contributed by atoms with Crippen LogP contribution in [0.3, 0.4) is 0 Å². The number of carbonyl (C=O) groups is 1. The van der Waals surface area contributed by atoms with Crippen LogP contribution in [0.15, 0.2) is 30.3 Å². The van der Waals surface area contributed by atoms with Gasteiger partial charge < -0.3 is 15.0 Å². The molecule has 0 aliphatic heterocycles. The zero-order chi connectivity index (χ0) is 14.8. The van der Waals surface area contributed by atoms with Gasteiger partial charge in [-0.25, -0.2) is 0 Å². The van der Waals surface area contributed by atoms with Crippen molar-refractivity contribution in [2.45, 2.75) is 25.8 Å². The van der Waals surface area contributed by atoms with Crippen LogP contribution < -0.4 is 5.32 Å². The second-order valence-corrected chi connectivity index (χ2v) is 5.09. The normalized spacial score (nSPS) is 12.4. The average Bonchev–Trinajstić information content (AvgIpc) is 2.43. The number of ether oxygens (including phenoxy) is 1. The third-order valence-corrected chi connectivity index (χ3v) is 3.09. The van der Waals surface area contributed by atoms with Crippen LogP contribution in [0.25, 0.3) is 0 Å². The van der Waals surface area contributed by atoms with Crippen LogP contribution in [-0.4, -0.2) is 50.7 Å². The minimum Gasteiger partial charge on any atom is -0.465 e. The standard InChI is InChI=1S/C16H26N2O2/c1-4-20-16(19)15(17-12-13-18(2)3)11-10-14-8-6-5-7-9-14/h5-9,15,17H,4,10-13H2,1-3H3. The summed E-state index contributed by atoms with van der Waals surface area (Å²) >= 11 is 0. The first-order valence-electron chi connectivity index (χ1n) is 7.22. The highest BCUT2D eigenvalue weighted by molar-refractivity contribution is 5.75. The summed E-state index contributed by atoms with van der Waals surface area (Å²) in [7, 11) is 4.04. The molecular formula is C16H26N2O2. The number of aryl methyl sites for hydroxylation is 1. The van der Waals surface area contributed by atoms with Crippen molar-refractivity contribution in [3.8, 4) is 0 Å². The number of hydrogen-bond acceptors (Lipinski definition) is 4. The summed E-state index contributed by atoms with van der Waals surface area (Å²) < 4.78 is 5.13. The Bertz CT molecular complexity index is 379. The number of benzene rings is 1. The SMILES string of the molecule is CCOC(=O)C(CCc1ccccc1)NCCN(C)C. The van der Waals surface area contributed by atoms with E-state index in [0.29, 0.717) is 6.61 Å². The Hall–Kier alpha value is -1.39. The Labute approximate surface area is 122 Å². The van der Waals surface area contributed by atoms with Gasteiger partial charge in [-0.15, -0.1) is 0 Å². The lowest BCUT2D eigenvalue weighted by molar-refractivity contribution is -0.145. The lowest BCUT2D eigenvalue weighted by Crippen LogP contribution is -2.41. The van der Waals surface area contributed by atoms with E-state index in [1.54, 1.807) is 0 Å². The summed E-state index contributed by atoms with van der Waals surface area (Å²) in [6, 6.07) is 9.99. The Balaban J connectivity index is 2.46. The van der Waals surface area contributed by atoms with Crippen LogP contribution in [0, 0.1) is 0 Å². The van der Waals surface area contributed by atoms with E-state index in [4.69, 9.17) is 4.74 Å². The molecule has 4 nitrogen and oxygen atoms in total. The summed E-state index contributed by atoms with van der Waals surface area (Å²) in [5, 5.41) is 3.29. The molecule has 0 spiro atoms. The molecule has 112 valence electrons. The van der Waals surface area contributed by atoms with E-state index in [1.807, 2.05) is 39.2 Å². The monoisotopic (exact) mass is 278 g/mol. The topological polar surface area (TPSA) is 41.6 Å². The highest BCUT2D eigenvalue weighted by atomic mass is 16.5. The Morgan fingerprint density at radius 2 is 2.00 bits per heavy atom. The van der Waals surface area contributed by atoms with Gasteiger partial charge in [0.05, 0.1) is 6.61 Å². The van der Waals surface area contributed by atoms with E-state index in [2.05, 4.69) is 22.3 Å². The predicted octanol–water partition coefficient (Wildman–Crippen LogP) is 1.70. The van der Waals surface area contributed by atoms with Gasteiger partial charge in [0, 0.05) is 13.1 Å². The molecule has 0 aliphatic carbocycles. The molecule has 0 fully saturated rings. The van der Waals surface area contributed by atoms with E-state index in [1.165, 1.54) is 5.56 Å². The van der Waals surface area contributed by atoms with Gasteiger partial charge in [0.25, 0.3) is 0 Å². The van der Waals surface area contributed by atoms with Gasteiger partial charge in [0.1, 0.15) is 6.04 Å². The van der Waals surface area contributed by atoms with Crippen molar-refractivity contribution in [1.29, 1.82) is 0 Å². The number of nitrogens with one attached hydrogen (secondary N) is 1. The summed E-state index contributed by atoms with van der Waals surface area (Å²) in [6.07, 6.45) is 1.63. The van der Waals surface area contributed by atoms with Gasteiger partial charge in [0.2, 0.25) is 0 Å². The second kappa shape index (κ2) is 9.50. The van der Waals surface area contributed by atoms with Crippen molar-refractivity contribution in [2.75, 3.05) is 33.8 Å². The smallest absolute Gasteiger partial charge is 0.323 e. The number of esters is 1. The molecule has 1 aromatic rings. The van der Waals surface area contributed by atoms with Crippen LogP contribution in [-0.2, 0) is 16.0 Å². The highest BCUT2D eigenvalue weighted by Gasteiger charge is 2.18. The largest absolute Gasteiger partial charge is 0.465 e. The lowest BCUT2D eigenvalue weighted by atomic mass is 10.1. The molecule has 0 saturated carbocycles. The number of rotatable bonds is 9. The van der Waals surface area contributed by atoms with E-state index in [-0.39, 0.29) is 12.0 Å². The predicted molar refractivity (Wildman–Crippen MR) is 81.7 cm³/mol. The molecule has 1 N–H and O–H groups in total. The van der Waals surface area contributed by atoms with Crippen molar-refractivity contribution < 1.29 is 9.53 Å². The summed E-state index contributed by atoms with van der Waals surface area (Å²) in [6.45, 7) is 3.95. The van der Waals surface area contributed by atoms with Crippen LogP contribution in [0.2, 0.25) is 0 Å². The van der Waals surface area contributed by atoms with E-state index < -0.39 is 0 Å². The van der Waals surface area contributed by atoms with Crippen molar-refractivity contribution in [3.05, 3.63) is 35.9 Å². The van der Waals surface area contributed by atoms with Crippen LogP contribution in [0.4, 0.5) is 0 Å². The maximum atomic E-state index is 11.9. The molecule has 0 bridgehead atoms. The van der Waals surface area contributed by atoms with Gasteiger partial charge in [-0.3, -0.25) is 4.79 Å². The highest BCUT2D eigenvalue weighted by Crippen LogP contribution is 2.06. The van der Waals surface area contributed by atoms with Gasteiger partial charge >= 0.3 is 5.97 Å². The maximum absolute atomic E-state index is 11.9. The van der Waals surface area contributed by atoms with Gasteiger partial charge in [0.15, 0.2) is 0 Å². The average molecular weight is 278 g/mol. The number of carbonyl (C=O) groups excluding carboxylic acids is 1. The molecule has 0 saturated heterocycles. The fourth-order valence-electron chi connectivity index (χ4n) is 1.96. The lowest BCUT2D eigenvalue weighted by Gasteiger charge is -2.18. The molecule has 1 rings (SSSR count). The number of nitrogens with zero attached hydrogens (tertiary/aromatic N) is 1. The van der Waals surface area contributed by atoms with Gasteiger partial charge in [-0.2, -0.15) is 0 Å². The summed E-state index contributed by atoms with van der Waals surface area (Å²) in [5.74, 6) is -0.151. The Kier molecular flexibility index (Phi) is 7.92. The molecule has 4 heteroatoms. The van der Waals surface area contributed by atoms with Crippen LogP contribution in [0.1, 0.15) is 18.9 Å². The zero-order valence-corrected chi connectivity index (χ0v) is 12.8. The van der Waals surface area contributed by atoms with Crippen molar-refractivity contribution in [1.82, 2.24) is 10.2 Å².